The molecule has 2 unspecified atom stereocenters. The minimum Gasteiger partial charge on any atom is -0.478 e. The van der Waals surface area contributed by atoms with Gasteiger partial charge in [0.2, 0.25) is 0 Å². The van der Waals surface area contributed by atoms with Crippen molar-refractivity contribution in [3.8, 4) is 0 Å². The Morgan fingerprint density at radius 3 is 1.59 bits per heavy atom. The third-order valence-electron chi connectivity index (χ3n) is 9.51. The van der Waals surface area contributed by atoms with Crippen LogP contribution in [0.15, 0.2) is 85.2 Å². The van der Waals surface area contributed by atoms with Crippen LogP contribution in [-0.2, 0) is 5.41 Å². The molecule has 2 aromatic heterocycles. The zero-order chi connectivity index (χ0) is 31.0. The predicted molar refractivity (Wildman–Crippen MR) is 172 cm³/mol. The molecule has 8 heteroatoms. The highest BCUT2D eigenvalue weighted by atomic mass is 16.4. The Bertz CT molecular complexity index is 1560. The van der Waals surface area contributed by atoms with E-state index in [2.05, 4.69) is 53.0 Å². The van der Waals surface area contributed by atoms with Gasteiger partial charge in [-0.3, -0.25) is 4.90 Å². The summed E-state index contributed by atoms with van der Waals surface area (Å²) in [6.45, 7) is 4.88. The largest absolute Gasteiger partial charge is 0.478 e. The first kappa shape index (κ1) is 29.4. The second-order valence-electron chi connectivity index (χ2n) is 12.9. The Labute approximate surface area is 258 Å². The van der Waals surface area contributed by atoms with Crippen molar-refractivity contribution < 1.29 is 19.8 Å². The van der Waals surface area contributed by atoms with Crippen LogP contribution in [0.25, 0.3) is 0 Å². The number of hydrogen-bond acceptors (Lipinski definition) is 6. The number of fused-ring (bicyclic) bond motifs is 2. The van der Waals surface area contributed by atoms with Crippen LogP contribution in [0.4, 0.5) is 28.7 Å². The number of aromatic nitrogens is 2. The van der Waals surface area contributed by atoms with Crippen LogP contribution in [0.2, 0.25) is 0 Å². The molecule has 2 atom stereocenters. The Balaban J connectivity index is 1.24. The van der Waals surface area contributed by atoms with Crippen LogP contribution < -0.4 is 9.80 Å². The van der Waals surface area contributed by atoms with Gasteiger partial charge in [0.05, 0.1) is 11.1 Å². The number of aromatic carboxylic acids is 2. The van der Waals surface area contributed by atoms with Gasteiger partial charge in [-0.2, -0.15) is 0 Å². The number of benzene rings is 2. The summed E-state index contributed by atoms with van der Waals surface area (Å²) in [5.41, 5.74) is 4.66. The number of hydrogen-bond donors (Lipinski definition) is 2. The number of carboxylic acid groups (broad SMARTS) is 2. The molecule has 0 aliphatic heterocycles. The first-order chi connectivity index (χ1) is 21.1. The molecule has 2 heterocycles. The van der Waals surface area contributed by atoms with Crippen molar-refractivity contribution >= 4 is 40.6 Å². The number of pyridine rings is 2. The van der Waals surface area contributed by atoms with E-state index in [0.717, 1.165) is 34.8 Å². The van der Waals surface area contributed by atoms with Crippen molar-refractivity contribution in [2.75, 3.05) is 16.8 Å². The Kier molecular flexibility index (Phi) is 7.84. The maximum Gasteiger partial charge on any atom is 0.337 e. The molecule has 2 N–H and O–H groups in total. The zero-order valence-electron chi connectivity index (χ0n) is 25.4. The van der Waals surface area contributed by atoms with Crippen molar-refractivity contribution in [2.24, 2.45) is 17.8 Å². The molecule has 0 saturated heterocycles. The van der Waals surface area contributed by atoms with E-state index < -0.39 is 11.9 Å². The lowest BCUT2D eigenvalue weighted by atomic mass is 9.57. The van der Waals surface area contributed by atoms with Gasteiger partial charge in [-0.25, -0.2) is 19.6 Å². The second kappa shape index (κ2) is 11.8. The lowest BCUT2D eigenvalue weighted by molar-refractivity contribution is 0.0685. The Morgan fingerprint density at radius 2 is 1.16 bits per heavy atom. The first-order valence-electron chi connectivity index (χ1n) is 15.2. The van der Waals surface area contributed by atoms with Crippen molar-refractivity contribution in [3.05, 3.63) is 102 Å². The summed E-state index contributed by atoms with van der Waals surface area (Å²) in [5, 5.41) is 18.6. The van der Waals surface area contributed by atoms with Crippen LogP contribution >= 0.6 is 0 Å². The second-order valence-corrected chi connectivity index (χ2v) is 12.9. The van der Waals surface area contributed by atoms with Crippen molar-refractivity contribution in [2.45, 2.75) is 51.4 Å². The predicted octanol–water partition coefficient (Wildman–Crippen LogP) is 8.21. The molecule has 2 aliphatic carbocycles. The van der Waals surface area contributed by atoms with E-state index in [1.54, 1.807) is 17.0 Å². The minimum atomic E-state index is -1.06. The number of carbonyl (C=O) groups is 2. The normalized spacial score (nSPS) is 22.7. The summed E-state index contributed by atoms with van der Waals surface area (Å²) in [7, 11) is 2.05. The Morgan fingerprint density at radius 1 is 0.705 bits per heavy atom. The molecular weight excluding hydrogens is 552 g/mol. The van der Waals surface area contributed by atoms with E-state index in [4.69, 9.17) is 0 Å². The molecule has 2 aliphatic rings. The summed E-state index contributed by atoms with van der Waals surface area (Å²) >= 11 is 0. The highest BCUT2D eigenvalue weighted by molar-refractivity contribution is 5.88. The van der Waals surface area contributed by atoms with E-state index >= 15 is 0 Å². The third kappa shape index (κ3) is 5.89. The van der Waals surface area contributed by atoms with E-state index in [1.807, 2.05) is 31.3 Å². The molecule has 226 valence electrons. The monoisotopic (exact) mass is 590 g/mol. The Hall–Kier alpha value is -4.72. The number of nitrogens with zero attached hydrogens (tertiary/aromatic N) is 4. The van der Waals surface area contributed by atoms with E-state index in [0.29, 0.717) is 11.6 Å². The van der Waals surface area contributed by atoms with Gasteiger partial charge in [-0.05, 0) is 121 Å². The lowest BCUT2D eigenvalue weighted by Gasteiger charge is -2.47. The van der Waals surface area contributed by atoms with Gasteiger partial charge in [0.25, 0.3) is 0 Å². The molecule has 2 fully saturated rings. The smallest absolute Gasteiger partial charge is 0.337 e. The van der Waals surface area contributed by atoms with Crippen LogP contribution in [-0.4, -0.2) is 39.2 Å². The fourth-order valence-corrected chi connectivity index (χ4v) is 7.56. The summed E-state index contributed by atoms with van der Waals surface area (Å²) < 4.78 is 0. The molecule has 0 radical (unpaired) electrons. The van der Waals surface area contributed by atoms with Gasteiger partial charge < -0.3 is 15.1 Å². The molecule has 8 nitrogen and oxygen atoms in total. The van der Waals surface area contributed by atoms with Gasteiger partial charge in [0.1, 0.15) is 11.6 Å². The van der Waals surface area contributed by atoms with Gasteiger partial charge >= 0.3 is 11.9 Å². The van der Waals surface area contributed by atoms with Gasteiger partial charge in [0, 0.05) is 36.5 Å². The summed E-state index contributed by atoms with van der Waals surface area (Å²) in [6, 6.07) is 23.2. The maximum absolute atomic E-state index is 11.4. The molecule has 2 aromatic carbocycles. The maximum atomic E-state index is 11.4. The van der Waals surface area contributed by atoms with Gasteiger partial charge in [-0.15, -0.1) is 0 Å². The van der Waals surface area contributed by atoms with E-state index in [1.165, 1.54) is 62.2 Å². The first-order valence-corrected chi connectivity index (χ1v) is 15.2. The van der Waals surface area contributed by atoms with Crippen LogP contribution in [0, 0.1) is 17.8 Å². The van der Waals surface area contributed by atoms with Gasteiger partial charge in [0.15, 0.2) is 0 Å². The summed E-state index contributed by atoms with van der Waals surface area (Å²) in [6.07, 6.45) is 9.29. The summed E-state index contributed by atoms with van der Waals surface area (Å²) in [5.74, 6) is 1.33. The molecule has 0 spiro atoms. The molecule has 2 saturated carbocycles. The molecule has 44 heavy (non-hydrogen) atoms. The van der Waals surface area contributed by atoms with E-state index in [-0.39, 0.29) is 16.5 Å². The van der Waals surface area contributed by atoms with E-state index in [9.17, 15) is 19.8 Å². The average Bonchev–Trinajstić information content (AvgIpc) is 3.01. The minimum absolute atomic E-state index is 0.0702. The highest BCUT2D eigenvalue weighted by Gasteiger charge is 2.41. The molecule has 2 bridgehead atoms. The fourth-order valence-electron chi connectivity index (χ4n) is 7.56. The number of rotatable bonds is 8. The third-order valence-corrected chi connectivity index (χ3v) is 9.51. The molecule has 0 amide bonds. The fraction of sp³-hybridized carbons (Fsp3) is 0.333. The summed E-state index contributed by atoms with van der Waals surface area (Å²) in [4.78, 5) is 35.4. The zero-order valence-corrected chi connectivity index (χ0v) is 25.4. The lowest BCUT2D eigenvalue weighted by Crippen LogP contribution is -2.38. The highest BCUT2D eigenvalue weighted by Crippen LogP contribution is 2.51. The molecule has 4 aromatic rings. The standard InChI is InChI=1S/C36H38N4O4/c1-23-16-24-18-25(17-23)20-36(2,19-24)28-6-8-29(9-7-28)39(3)30-10-12-31(13-11-30)40(32-14-4-26(21-37-32)34(41)42)33-15-5-27(22-38-33)35(43)44/h4-15,21-25H,16-20H2,1-3H3,(H,41,42)(H,43,44). The van der Waals surface area contributed by atoms with Gasteiger partial charge in [-0.1, -0.05) is 26.0 Å². The average molecular weight is 591 g/mol. The number of carboxylic acids is 2. The van der Waals surface area contributed by atoms with Crippen molar-refractivity contribution in [1.29, 1.82) is 0 Å². The molecular formula is C36H38N4O4. The van der Waals surface area contributed by atoms with Crippen molar-refractivity contribution in [1.82, 2.24) is 9.97 Å². The topological polar surface area (TPSA) is 107 Å². The quantitative estimate of drug-likeness (QED) is 0.211. The number of anilines is 5. The van der Waals surface area contributed by atoms with Crippen LogP contribution in [0.1, 0.15) is 72.2 Å². The SMILES string of the molecule is CC1CC2CC(C1)CC(C)(c1ccc(N(C)c3ccc(N(c4ccc(C(=O)O)cn4)c4ccc(C(=O)O)cn4)cc3)cc1)C2. The van der Waals surface area contributed by atoms with Crippen LogP contribution in [0.3, 0.4) is 0 Å². The van der Waals surface area contributed by atoms with Crippen molar-refractivity contribution in [3.63, 3.8) is 0 Å². The molecule has 6 rings (SSSR count). The van der Waals surface area contributed by atoms with Crippen LogP contribution in [0.5, 0.6) is 0 Å².